The monoisotopic (exact) mass is 545 g/mol. The first-order valence-corrected chi connectivity index (χ1v) is 14.1. The minimum atomic E-state index is -0.684. The third-order valence-electron chi connectivity index (χ3n) is 5.32. The predicted molar refractivity (Wildman–Crippen MR) is 150 cm³/mol. The predicted octanol–water partition coefficient (Wildman–Crippen LogP) is 6.05. The maximum Gasteiger partial charge on any atom is 0.414 e. The van der Waals surface area contributed by atoms with E-state index < -0.39 is 23.4 Å². The average molecular weight is 546 g/mol. The fourth-order valence-corrected chi connectivity index (χ4v) is 3.62. The lowest BCUT2D eigenvalue weighted by atomic mass is 10.0. The van der Waals surface area contributed by atoms with Crippen molar-refractivity contribution in [3.8, 4) is 0 Å². The van der Waals surface area contributed by atoms with E-state index in [1.54, 1.807) is 48.7 Å². The first-order chi connectivity index (χ1) is 17.9. The summed E-state index contributed by atoms with van der Waals surface area (Å²) < 4.78 is 21.0. The highest BCUT2D eigenvalue weighted by atomic mass is 16.7. The summed E-state index contributed by atoms with van der Waals surface area (Å²) in [6, 6.07) is 0. The SMILES string of the molecule is COCO[C@@H](CCO)CCCCCCCCCCCCN=C(NC(=O)OC(C)(C)C)NC(=O)OC(C)(C)C. The Hall–Kier alpha value is -1.91. The molecule has 2 amide bonds. The molecule has 38 heavy (non-hydrogen) atoms. The number of alkyl carbamates (subject to hydrolysis) is 2. The maximum atomic E-state index is 12.1. The second-order valence-corrected chi connectivity index (χ2v) is 11.5. The molecule has 10 nitrogen and oxygen atoms in total. The van der Waals surface area contributed by atoms with Crippen molar-refractivity contribution in [1.29, 1.82) is 0 Å². The van der Waals surface area contributed by atoms with Crippen molar-refractivity contribution < 1.29 is 33.6 Å². The molecule has 10 heteroatoms. The van der Waals surface area contributed by atoms with Gasteiger partial charge < -0.3 is 24.1 Å². The Balaban J connectivity index is 4.13. The van der Waals surface area contributed by atoms with Gasteiger partial charge in [-0.1, -0.05) is 57.8 Å². The van der Waals surface area contributed by atoms with Gasteiger partial charge in [-0.25, -0.2) is 9.59 Å². The van der Waals surface area contributed by atoms with Gasteiger partial charge in [-0.05, 0) is 60.8 Å². The molecular weight excluding hydrogens is 490 g/mol. The van der Waals surface area contributed by atoms with Crippen molar-refractivity contribution in [3.63, 3.8) is 0 Å². The van der Waals surface area contributed by atoms with Crippen molar-refractivity contribution in [2.24, 2.45) is 4.99 Å². The highest BCUT2D eigenvalue weighted by Gasteiger charge is 2.21. The number of nitrogens with one attached hydrogen (secondary N) is 2. The highest BCUT2D eigenvalue weighted by Crippen LogP contribution is 2.14. The van der Waals surface area contributed by atoms with Crippen LogP contribution in [0.2, 0.25) is 0 Å². The van der Waals surface area contributed by atoms with Crippen LogP contribution in [0.1, 0.15) is 119 Å². The quantitative estimate of drug-likeness (QED) is 0.0827. The molecule has 0 aromatic rings. The number of unbranched alkanes of at least 4 members (excludes halogenated alkanes) is 9. The lowest BCUT2D eigenvalue weighted by Gasteiger charge is -2.22. The second-order valence-electron chi connectivity index (χ2n) is 11.5. The fourth-order valence-electron chi connectivity index (χ4n) is 3.62. The molecule has 0 spiro atoms. The summed E-state index contributed by atoms with van der Waals surface area (Å²) in [6.07, 6.45) is 11.8. The number of carbonyl (C=O) groups is 2. The number of aliphatic imine (C=N–C) groups is 1. The molecule has 3 N–H and O–H groups in total. The molecule has 0 aromatic carbocycles. The lowest BCUT2D eigenvalue weighted by Crippen LogP contribution is -2.47. The minimum absolute atomic E-state index is 0.0291. The number of aliphatic hydroxyl groups excluding tert-OH is 1. The van der Waals surface area contributed by atoms with Gasteiger partial charge in [0.25, 0.3) is 0 Å². The van der Waals surface area contributed by atoms with Gasteiger partial charge in [0.05, 0.1) is 6.10 Å². The molecule has 0 saturated carbocycles. The van der Waals surface area contributed by atoms with Crippen LogP contribution in [0.5, 0.6) is 0 Å². The van der Waals surface area contributed by atoms with Crippen molar-refractivity contribution in [2.45, 2.75) is 136 Å². The van der Waals surface area contributed by atoms with E-state index in [0.717, 1.165) is 32.1 Å². The number of methoxy groups -OCH3 is 1. The summed E-state index contributed by atoms with van der Waals surface area (Å²) in [7, 11) is 1.61. The molecule has 0 rings (SSSR count). The highest BCUT2D eigenvalue weighted by molar-refractivity contribution is 6.01. The maximum absolute atomic E-state index is 12.1. The summed E-state index contributed by atoms with van der Waals surface area (Å²) in [5.41, 5.74) is -1.33. The topological polar surface area (TPSA) is 128 Å². The van der Waals surface area contributed by atoms with Gasteiger partial charge in [0.15, 0.2) is 0 Å². The zero-order valence-electron chi connectivity index (χ0n) is 25.0. The Bertz CT molecular complexity index is 626. The average Bonchev–Trinajstić information content (AvgIpc) is 2.77. The van der Waals surface area contributed by atoms with Crippen LogP contribution in [-0.2, 0) is 18.9 Å². The number of guanidine groups is 1. The van der Waals surface area contributed by atoms with Crippen LogP contribution in [0.3, 0.4) is 0 Å². The van der Waals surface area contributed by atoms with Gasteiger partial charge in [-0.3, -0.25) is 15.6 Å². The lowest BCUT2D eigenvalue weighted by molar-refractivity contribution is -0.0804. The fraction of sp³-hybridized carbons (Fsp3) is 0.893. The number of nitrogens with zero attached hydrogens (tertiary/aromatic N) is 1. The summed E-state index contributed by atoms with van der Waals surface area (Å²) >= 11 is 0. The van der Waals surface area contributed by atoms with E-state index in [2.05, 4.69) is 15.6 Å². The molecular formula is C28H55N3O7. The molecule has 0 aliphatic rings. The Morgan fingerprint density at radius 2 is 1.18 bits per heavy atom. The Kier molecular flexibility index (Phi) is 19.9. The van der Waals surface area contributed by atoms with E-state index in [1.807, 2.05) is 0 Å². The van der Waals surface area contributed by atoms with E-state index in [1.165, 1.54) is 38.5 Å². The summed E-state index contributed by atoms with van der Waals surface area (Å²) in [6.45, 7) is 11.5. The van der Waals surface area contributed by atoms with E-state index >= 15 is 0 Å². The Labute approximate surface area is 230 Å². The molecule has 1 atom stereocenters. The number of aliphatic hydroxyl groups is 1. The van der Waals surface area contributed by atoms with E-state index in [-0.39, 0.29) is 25.5 Å². The zero-order valence-corrected chi connectivity index (χ0v) is 25.0. The van der Waals surface area contributed by atoms with Crippen LogP contribution >= 0.6 is 0 Å². The van der Waals surface area contributed by atoms with Crippen LogP contribution in [0, 0.1) is 0 Å². The molecule has 0 aromatic heterocycles. The largest absolute Gasteiger partial charge is 0.444 e. The first-order valence-electron chi connectivity index (χ1n) is 14.1. The molecule has 0 saturated heterocycles. The molecule has 0 unspecified atom stereocenters. The molecule has 0 radical (unpaired) electrons. The van der Waals surface area contributed by atoms with E-state index in [0.29, 0.717) is 13.0 Å². The molecule has 0 aliphatic carbocycles. The van der Waals surface area contributed by atoms with Crippen molar-refractivity contribution >= 4 is 18.1 Å². The summed E-state index contributed by atoms with van der Waals surface area (Å²) in [4.78, 5) is 28.6. The Morgan fingerprint density at radius 3 is 1.61 bits per heavy atom. The van der Waals surface area contributed by atoms with Crippen LogP contribution in [0.15, 0.2) is 4.99 Å². The first kappa shape index (κ1) is 36.1. The number of carbonyl (C=O) groups excluding carboxylic acids is 2. The number of ether oxygens (including phenoxy) is 4. The number of hydrogen-bond acceptors (Lipinski definition) is 8. The van der Waals surface area contributed by atoms with Crippen LogP contribution in [-0.4, -0.2) is 67.6 Å². The van der Waals surface area contributed by atoms with Gasteiger partial charge in [-0.2, -0.15) is 0 Å². The summed E-state index contributed by atoms with van der Waals surface area (Å²) in [5.74, 6) is 0.0291. The number of rotatable bonds is 18. The minimum Gasteiger partial charge on any atom is -0.444 e. The summed E-state index contributed by atoms with van der Waals surface area (Å²) in [5, 5.41) is 14.1. The number of amides is 2. The van der Waals surface area contributed by atoms with E-state index in [4.69, 9.17) is 24.1 Å². The van der Waals surface area contributed by atoms with Gasteiger partial charge in [0.1, 0.15) is 18.0 Å². The van der Waals surface area contributed by atoms with Crippen LogP contribution < -0.4 is 10.6 Å². The molecule has 0 bridgehead atoms. The molecule has 0 aliphatic heterocycles. The smallest absolute Gasteiger partial charge is 0.414 e. The van der Waals surface area contributed by atoms with Crippen molar-refractivity contribution in [1.82, 2.24) is 10.6 Å². The second kappa shape index (κ2) is 21.0. The molecule has 0 fully saturated rings. The van der Waals surface area contributed by atoms with Crippen LogP contribution in [0.4, 0.5) is 9.59 Å². The normalized spacial score (nSPS) is 12.5. The Morgan fingerprint density at radius 1 is 0.737 bits per heavy atom. The van der Waals surface area contributed by atoms with Crippen molar-refractivity contribution in [3.05, 3.63) is 0 Å². The van der Waals surface area contributed by atoms with Crippen LogP contribution in [0.25, 0.3) is 0 Å². The van der Waals surface area contributed by atoms with Gasteiger partial charge in [0, 0.05) is 20.3 Å². The van der Waals surface area contributed by atoms with Crippen molar-refractivity contribution in [2.75, 3.05) is 27.1 Å². The standard InChI is InChI=1S/C28H55N3O7/c1-27(2,3)37-25(33)30-24(31-26(34)38-28(4,5)6)29-20-17-15-13-11-9-8-10-12-14-16-18-23(19-21-32)36-22-35-7/h23,32H,8-22H2,1-7H3,(H2,29,30,31,33,34)/t23-/m1/s1. The molecule has 0 heterocycles. The van der Waals surface area contributed by atoms with Gasteiger partial charge in [-0.15, -0.1) is 0 Å². The zero-order chi connectivity index (χ0) is 28.9. The van der Waals surface area contributed by atoms with E-state index in [9.17, 15) is 9.59 Å². The molecule has 224 valence electrons. The van der Waals surface area contributed by atoms with Gasteiger partial charge >= 0.3 is 12.2 Å². The third kappa shape index (κ3) is 24.4. The van der Waals surface area contributed by atoms with Gasteiger partial charge in [0.2, 0.25) is 5.96 Å². The third-order valence-corrected chi connectivity index (χ3v) is 5.32. The number of hydrogen-bond donors (Lipinski definition) is 3.